The van der Waals surface area contributed by atoms with Crippen molar-refractivity contribution in [2.75, 3.05) is 62.7 Å². The van der Waals surface area contributed by atoms with E-state index in [9.17, 15) is 14.4 Å². The highest BCUT2D eigenvalue weighted by Crippen LogP contribution is 2.38. The molecule has 0 unspecified atom stereocenters. The van der Waals surface area contributed by atoms with Crippen molar-refractivity contribution < 1.29 is 18.7 Å². The molecule has 1 fully saturated rings. The van der Waals surface area contributed by atoms with E-state index in [1.165, 1.54) is 18.9 Å². The van der Waals surface area contributed by atoms with Gasteiger partial charge >= 0.3 is 12.1 Å². The van der Waals surface area contributed by atoms with Gasteiger partial charge in [0.1, 0.15) is 23.8 Å². The number of aromatic nitrogens is 2. The van der Waals surface area contributed by atoms with Gasteiger partial charge in [0.15, 0.2) is 0 Å². The van der Waals surface area contributed by atoms with E-state index in [4.69, 9.17) is 31.0 Å². The van der Waals surface area contributed by atoms with Crippen molar-refractivity contribution in [3.8, 4) is 12.1 Å². The number of halogens is 2. The molecule has 10 nitrogen and oxygen atoms in total. The van der Waals surface area contributed by atoms with Crippen molar-refractivity contribution in [2.24, 2.45) is 0 Å². The summed E-state index contributed by atoms with van der Waals surface area (Å²) in [5.74, 6) is 0.311. The van der Waals surface area contributed by atoms with Gasteiger partial charge in [-0.3, -0.25) is 0 Å². The number of carbonyl (C=O) groups is 1. The minimum Gasteiger partial charge on any atom is -0.462 e. The minimum atomic E-state index is -0.639. The molecule has 12 heteroatoms. The summed E-state index contributed by atoms with van der Waals surface area (Å²) in [6, 6.07) is 11.2. The van der Waals surface area contributed by atoms with Gasteiger partial charge in [0.05, 0.1) is 35.8 Å². The maximum Gasteiger partial charge on any atom is 0.410 e. The highest BCUT2D eigenvalue weighted by atomic mass is 35.5. The molecule has 5 rings (SSSR count). The van der Waals surface area contributed by atoms with Crippen LogP contribution in [0.4, 0.5) is 20.7 Å². The van der Waals surface area contributed by atoms with Crippen LogP contribution in [0.5, 0.6) is 6.01 Å². The van der Waals surface area contributed by atoms with Crippen LogP contribution in [-0.2, 0) is 17.7 Å². The van der Waals surface area contributed by atoms with Crippen molar-refractivity contribution in [3.63, 3.8) is 0 Å². The fourth-order valence-corrected chi connectivity index (χ4v) is 6.67. The Labute approximate surface area is 288 Å². The van der Waals surface area contributed by atoms with Crippen LogP contribution in [0.15, 0.2) is 30.3 Å². The summed E-state index contributed by atoms with van der Waals surface area (Å²) in [6.07, 6.45) is 3.91. The van der Waals surface area contributed by atoms with Gasteiger partial charge in [0.2, 0.25) is 0 Å². The molecule has 3 aromatic rings. The summed E-state index contributed by atoms with van der Waals surface area (Å²) in [6.45, 7) is 12.3. The fraction of sp³-hybridized carbons (Fsp3) is 0.556. The molecule has 0 radical (unpaired) electrons. The van der Waals surface area contributed by atoms with Crippen molar-refractivity contribution in [3.05, 3.63) is 52.4 Å². The number of likely N-dealkylation sites (N-methyl/N-ethyl adjacent to an activating group) is 1. The van der Waals surface area contributed by atoms with Gasteiger partial charge in [-0.05, 0) is 64.7 Å². The van der Waals surface area contributed by atoms with Crippen LogP contribution in [0.1, 0.15) is 64.6 Å². The van der Waals surface area contributed by atoms with E-state index in [2.05, 4.69) is 34.7 Å². The Morgan fingerprint density at radius 3 is 2.69 bits per heavy atom. The number of anilines is 2. The van der Waals surface area contributed by atoms with Crippen LogP contribution in [0, 0.1) is 17.1 Å². The van der Waals surface area contributed by atoms with Gasteiger partial charge in [-0.15, -0.1) is 0 Å². The SMILES string of the molecule is CCCCCN(C)CCOc1nc2c(c(N3CCN(C(=O)OC(C)(C)C)[C@@H](CC#N)C3)n1)CCN(c1cccc3ccc(F)c(Cl)c13)C2. The van der Waals surface area contributed by atoms with Gasteiger partial charge in [0, 0.05) is 49.4 Å². The Morgan fingerprint density at radius 1 is 1.12 bits per heavy atom. The lowest BCUT2D eigenvalue weighted by Gasteiger charge is -2.42. The van der Waals surface area contributed by atoms with Gasteiger partial charge < -0.3 is 29.1 Å². The average Bonchev–Trinajstić information content (AvgIpc) is 3.05. The molecule has 3 heterocycles. The van der Waals surface area contributed by atoms with Crippen LogP contribution < -0.4 is 14.5 Å². The first kappa shape index (κ1) is 35.4. The molecule has 1 amide bonds. The number of piperazine rings is 1. The molecule has 0 saturated carbocycles. The van der Waals surface area contributed by atoms with Crippen LogP contribution in [0.2, 0.25) is 5.02 Å². The molecule has 2 aliphatic rings. The van der Waals surface area contributed by atoms with E-state index in [1.54, 1.807) is 11.0 Å². The largest absolute Gasteiger partial charge is 0.462 e. The lowest BCUT2D eigenvalue weighted by Crippen LogP contribution is -2.56. The maximum absolute atomic E-state index is 14.6. The Morgan fingerprint density at radius 2 is 1.94 bits per heavy atom. The lowest BCUT2D eigenvalue weighted by atomic mass is 10.0. The lowest BCUT2D eigenvalue weighted by molar-refractivity contribution is 0.0144. The Kier molecular flexibility index (Phi) is 11.5. The summed E-state index contributed by atoms with van der Waals surface area (Å²) in [7, 11) is 2.09. The summed E-state index contributed by atoms with van der Waals surface area (Å²) in [4.78, 5) is 31.2. The normalized spacial score (nSPS) is 16.6. The van der Waals surface area contributed by atoms with E-state index in [1.807, 2.05) is 39.0 Å². The quantitative estimate of drug-likeness (QED) is 0.202. The second kappa shape index (κ2) is 15.6. The average molecular weight is 680 g/mol. The monoisotopic (exact) mass is 679 g/mol. The molecule has 2 aliphatic heterocycles. The van der Waals surface area contributed by atoms with Gasteiger partial charge in [0.25, 0.3) is 0 Å². The minimum absolute atomic E-state index is 0.107. The first-order valence-electron chi connectivity index (χ1n) is 16.9. The van der Waals surface area contributed by atoms with Crippen molar-refractivity contribution >= 4 is 40.0 Å². The van der Waals surface area contributed by atoms with Crippen LogP contribution in [0.3, 0.4) is 0 Å². The number of ether oxygens (including phenoxy) is 2. The van der Waals surface area contributed by atoms with Crippen LogP contribution in [-0.4, -0.2) is 90.4 Å². The van der Waals surface area contributed by atoms with Crippen molar-refractivity contribution in [2.45, 2.75) is 78.0 Å². The van der Waals surface area contributed by atoms with E-state index < -0.39 is 17.5 Å². The number of carbonyl (C=O) groups excluding carboxylic acids is 1. The van der Waals surface area contributed by atoms with Crippen LogP contribution >= 0.6 is 11.6 Å². The zero-order valence-electron chi connectivity index (χ0n) is 28.8. The molecular weight excluding hydrogens is 633 g/mol. The van der Waals surface area contributed by atoms with Gasteiger partial charge in [-0.2, -0.15) is 15.2 Å². The number of rotatable bonds is 11. The standard InChI is InChI=1S/C36H47ClFN7O3/c1-6-7-8-17-42(5)21-22-47-34-40-29-24-43(30-11-9-10-25-12-13-28(38)32(37)31(25)30)18-15-27(29)33(41-34)44-19-20-45(26(23-44)14-16-39)35(46)48-36(2,3)4/h9-13,26H,6-8,14-15,17-24H2,1-5H3/t26-/m0/s1. The maximum atomic E-state index is 14.6. The molecule has 1 aromatic heterocycles. The van der Waals surface area contributed by atoms with E-state index >= 15 is 0 Å². The summed E-state index contributed by atoms with van der Waals surface area (Å²) in [5, 5.41) is 11.3. The summed E-state index contributed by atoms with van der Waals surface area (Å²) in [5.41, 5.74) is 2.04. The number of benzene rings is 2. The molecule has 48 heavy (non-hydrogen) atoms. The Bertz CT molecular complexity index is 1640. The molecule has 1 atom stereocenters. The van der Waals surface area contributed by atoms with Crippen LogP contribution in [0.25, 0.3) is 10.8 Å². The molecule has 0 bridgehead atoms. The smallest absolute Gasteiger partial charge is 0.410 e. The van der Waals surface area contributed by atoms with Crippen molar-refractivity contribution in [1.82, 2.24) is 19.8 Å². The number of nitrogens with zero attached hydrogens (tertiary/aromatic N) is 7. The molecule has 0 aliphatic carbocycles. The Hall–Kier alpha value is -3.88. The van der Waals surface area contributed by atoms with E-state index in [0.29, 0.717) is 57.1 Å². The zero-order valence-corrected chi connectivity index (χ0v) is 29.5. The predicted octanol–water partition coefficient (Wildman–Crippen LogP) is 6.83. The van der Waals surface area contributed by atoms with E-state index in [0.717, 1.165) is 47.7 Å². The molecular formula is C36H47ClFN7O3. The number of unbranched alkanes of at least 4 members (excludes halogenated alkanes) is 2. The summed E-state index contributed by atoms with van der Waals surface area (Å²) >= 11 is 6.52. The zero-order chi connectivity index (χ0) is 34.4. The molecule has 0 N–H and O–H groups in total. The number of fused-ring (bicyclic) bond motifs is 2. The third-order valence-corrected chi connectivity index (χ3v) is 9.23. The number of nitriles is 1. The fourth-order valence-electron chi connectivity index (χ4n) is 6.40. The number of amides is 1. The topological polar surface area (TPSA) is 98.1 Å². The van der Waals surface area contributed by atoms with Gasteiger partial charge in [-0.25, -0.2) is 9.18 Å². The highest BCUT2D eigenvalue weighted by Gasteiger charge is 2.36. The molecule has 1 saturated heterocycles. The molecule has 0 spiro atoms. The molecule has 2 aromatic carbocycles. The molecule has 258 valence electrons. The predicted molar refractivity (Wildman–Crippen MR) is 187 cm³/mol. The third kappa shape index (κ3) is 8.39. The van der Waals surface area contributed by atoms with Crippen molar-refractivity contribution in [1.29, 1.82) is 5.26 Å². The first-order valence-corrected chi connectivity index (χ1v) is 17.3. The third-order valence-electron chi connectivity index (χ3n) is 8.86. The second-order valence-electron chi connectivity index (χ2n) is 13.7. The first-order chi connectivity index (χ1) is 23.0. The number of hydrogen-bond acceptors (Lipinski definition) is 9. The Balaban J connectivity index is 1.44. The second-order valence-corrected chi connectivity index (χ2v) is 14.0. The highest BCUT2D eigenvalue weighted by molar-refractivity contribution is 6.36. The summed E-state index contributed by atoms with van der Waals surface area (Å²) < 4.78 is 26.5. The number of hydrogen-bond donors (Lipinski definition) is 0. The van der Waals surface area contributed by atoms with Gasteiger partial charge in [-0.1, -0.05) is 49.6 Å². The van der Waals surface area contributed by atoms with E-state index in [-0.39, 0.29) is 17.5 Å².